The van der Waals surface area contributed by atoms with Gasteiger partial charge in [0.25, 0.3) is 0 Å². The molecule has 0 amide bonds. The number of ketones is 1. The molecule has 1 N–H and O–H groups in total. The van der Waals surface area contributed by atoms with Crippen molar-refractivity contribution in [1.82, 2.24) is 0 Å². The molecule has 58 valence electrons. The third-order valence-corrected chi connectivity index (χ3v) is 1.01. The van der Waals surface area contributed by atoms with Crippen molar-refractivity contribution in [3.8, 4) is 0 Å². The van der Waals surface area contributed by atoms with Crippen LogP contribution in [0.1, 0.15) is 19.8 Å². The van der Waals surface area contributed by atoms with E-state index in [-0.39, 0.29) is 17.6 Å². The summed E-state index contributed by atoms with van der Waals surface area (Å²) in [6.45, 7) is 1.65. The van der Waals surface area contributed by atoms with E-state index in [1.165, 1.54) is 0 Å². The molecule has 4 heteroatoms. The van der Waals surface area contributed by atoms with Crippen LogP contribution in [0.5, 0.6) is 0 Å². The fraction of sp³-hybridized carbons (Fsp3) is 0.667. The molecule has 0 aliphatic rings. The number of Topliss-reactive ketones (excluding diaryl/α,β-unsaturated/α-hetero) is 1. The van der Waals surface area contributed by atoms with Gasteiger partial charge in [-0.05, 0) is 6.92 Å². The van der Waals surface area contributed by atoms with Crippen LogP contribution >= 0.6 is 11.6 Å². The number of carboxylic acids is 1. The molecular weight excluding hydrogens is 156 g/mol. The van der Waals surface area contributed by atoms with Crippen LogP contribution in [0.15, 0.2) is 0 Å². The molecule has 0 saturated carbocycles. The minimum atomic E-state index is -1.10. The van der Waals surface area contributed by atoms with E-state index in [1.807, 2.05) is 0 Å². The highest BCUT2D eigenvalue weighted by Gasteiger charge is 2.09. The fourth-order valence-corrected chi connectivity index (χ4v) is 0.727. The van der Waals surface area contributed by atoms with E-state index in [4.69, 9.17) is 16.7 Å². The van der Waals surface area contributed by atoms with Gasteiger partial charge in [-0.25, -0.2) is 0 Å². The van der Waals surface area contributed by atoms with Crippen LogP contribution in [0, 0.1) is 0 Å². The zero-order valence-electron chi connectivity index (χ0n) is 5.63. The summed E-state index contributed by atoms with van der Waals surface area (Å²) in [5, 5.41) is 7.86. The maximum absolute atomic E-state index is 10.6. The molecule has 0 saturated heterocycles. The number of hydrogen-bond donors (Lipinski definition) is 1. The number of rotatable bonds is 4. The van der Waals surface area contributed by atoms with Crippen LogP contribution in [0.25, 0.3) is 0 Å². The third-order valence-electron chi connectivity index (χ3n) is 0.857. The average Bonchev–Trinajstić information content (AvgIpc) is 1.58. The Hall–Kier alpha value is -0.570. The van der Waals surface area contributed by atoms with Crippen molar-refractivity contribution in [3.05, 3.63) is 0 Å². The Balaban J connectivity index is 3.54. The van der Waals surface area contributed by atoms with E-state index >= 15 is 0 Å². The minimum absolute atomic E-state index is 0.133. The lowest BCUT2D eigenvalue weighted by molar-refractivity contribution is -0.140. The number of carboxylic acid groups (broad SMARTS) is 1. The molecule has 3 nitrogen and oxygen atoms in total. The number of carbonyl (C=O) groups excluding carboxylic acids is 1. The average molecular weight is 165 g/mol. The second-order valence-electron chi connectivity index (χ2n) is 2.09. The van der Waals surface area contributed by atoms with E-state index < -0.39 is 12.4 Å². The zero-order chi connectivity index (χ0) is 8.15. The molecule has 1 atom stereocenters. The van der Waals surface area contributed by atoms with Crippen molar-refractivity contribution < 1.29 is 14.7 Å². The Labute approximate surface area is 64.0 Å². The van der Waals surface area contributed by atoms with E-state index in [0.29, 0.717) is 0 Å². The van der Waals surface area contributed by atoms with Gasteiger partial charge in [0.05, 0.1) is 0 Å². The lowest BCUT2D eigenvalue weighted by atomic mass is 10.2. The highest BCUT2D eigenvalue weighted by molar-refractivity contribution is 6.21. The van der Waals surface area contributed by atoms with Gasteiger partial charge < -0.3 is 5.11 Å². The van der Waals surface area contributed by atoms with Crippen molar-refractivity contribution in [2.24, 2.45) is 0 Å². The number of halogens is 1. The summed E-state index contributed by atoms with van der Waals surface area (Å²) in [6.07, 6.45) is -0.287. The molecule has 1 unspecified atom stereocenters. The van der Waals surface area contributed by atoms with Crippen molar-refractivity contribution >= 4 is 23.4 Å². The third kappa shape index (κ3) is 5.56. The zero-order valence-corrected chi connectivity index (χ0v) is 6.39. The van der Waals surface area contributed by atoms with Crippen molar-refractivity contribution in [2.75, 3.05) is 0 Å². The molecule has 10 heavy (non-hydrogen) atoms. The van der Waals surface area contributed by atoms with Gasteiger partial charge in [0.2, 0.25) is 0 Å². The smallest absolute Gasteiger partial charge is 0.310 e. The van der Waals surface area contributed by atoms with Crippen LogP contribution in [-0.4, -0.2) is 22.2 Å². The fourth-order valence-electron chi connectivity index (χ4n) is 0.555. The molecular formula is C6H9ClO3. The van der Waals surface area contributed by atoms with Gasteiger partial charge >= 0.3 is 5.97 Å². The highest BCUT2D eigenvalue weighted by Crippen LogP contribution is 2.02. The first kappa shape index (κ1) is 9.43. The summed E-state index contributed by atoms with van der Waals surface area (Å²) in [5.74, 6) is -1.42. The molecule has 0 aliphatic heterocycles. The van der Waals surface area contributed by atoms with E-state index in [1.54, 1.807) is 6.92 Å². The minimum Gasteiger partial charge on any atom is -0.481 e. The molecule has 0 aromatic rings. The molecule has 0 heterocycles. The molecule has 0 rings (SSSR count). The lowest BCUT2D eigenvalue weighted by Gasteiger charge is -1.97. The van der Waals surface area contributed by atoms with Crippen molar-refractivity contribution in [1.29, 1.82) is 0 Å². The molecule has 0 aromatic carbocycles. The Morgan fingerprint density at radius 2 is 2.10 bits per heavy atom. The number of hydrogen-bond acceptors (Lipinski definition) is 2. The SMILES string of the molecule is CC(Cl)CC(=O)CC(=O)O. The lowest BCUT2D eigenvalue weighted by Crippen LogP contribution is -2.09. The van der Waals surface area contributed by atoms with E-state index in [9.17, 15) is 9.59 Å². The van der Waals surface area contributed by atoms with Crippen LogP contribution in [-0.2, 0) is 9.59 Å². The van der Waals surface area contributed by atoms with Crippen molar-refractivity contribution in [3.63, 3.8) is 0 Å². The predicted molar refractivity (Wildman–Crippen MR) is 37.2 cm³/mol. The highest BCUT2D eigenvalue weighted by atomic mass is 35.5. The number of carbonyl (C=O) groups is 2. The molecule has 0 bridgehead atoms. The van der Waals surface area contributed by atoms with Gasteiger partial charge in [0.1, 0.15) is 12.2 Å². The summed E-state index contributed by atoms with van der Waals surface area (Å²) in [6, 6.07) is 0. The molecule has 0 aliphatic carbocycles. The second-order valence-corrected chi connectivity index (χ2v) is 2.84. The van der Waals surface area contributed by atoms with Crippen LogP contribution in [0.4, 0.5) is 0 Å². The number of aliphatic carboxylic acids is 1. The largest absolute Gasteiger partial charge is 0.481 e. The van der Waals surface area contributed by atoms with Gasteiger partial charge in [0, 0.05) is 11.8 Å². The molecule has 0 radical (unpaired) electrons. The maximum Gasteiger partial charge on any atom is 0.310 e. The predicted octanol–water partition coefficient (Wildman–Crippen LogP) is 1.05. The van der Waals surface area contributed by atoms with E-state index in [0.717, 1.165) is 0 Å². The standard InChI is InChI=1S/C6H9ClO3/c1-4(7)2-5(8)3-6(9)10/h4H,2-3H2,1H3,(H,9,10). The van der Waals surface area contributed by atoms with E-state index in [2.05, 4.69) is 0 Å². The topological polar surface area (TPSA) is 54.4 Å². The molecule has 0 spiro atoms. The summed E-state index contributed by atoms with van der Waals surface area (Å²) < 4.78 is 0. The molecule has 0 aromatic heterocycles. The maximum atomic E-state index is 10.6. The Bertz CT molecular complexity index is 142. The second kappa shape index (κ2) is 4.28. The van der Waals surface area contributed by atoms with Crippen LogP contribution < -0.4 is 0 Å². The summed E-state index contributed by atoms with van der Waals surface area (Å²) in [7, 11) is 0. The summed E-state index contributed by atoms with van der Waals surface area (Å²) in [5.41, 5.74) is 0. The first-order valence-corrected chi connectivity index (χ1v) is 3.33. The van der Waals surface area contributed by atoms with Gasteiger partial charge in [0.15, 0.2) is 0 Å². The van der Waals surface area contributed by atoms with Gasteiger partial charge in [-0.2, -0.15) is 0 Å². The molecule has 0 fully saturated rings. The summed E-state index contributed by atoms with van der Waals surface area (Å²) in [4.78, 5) is 20.5. The Kier molecular flexibility index (Phi) is 4.03. The first-order chi connectivity index (χ1) is 4.52. The monoisotopic (exact) mass is 164 g/mol. The van der Waals surface area contributed by atoms with Gasteiger partial charge in [-0.15, -0.1) is 11.6 Å². The Morgan fingerprint density at radius 3 is 2.40 bits per heavy atom. The Morgan fingerprint density at radius 1 is 1.60 bits per heavy atom. The van der Waals surface area contributed by atoms with Gasteiger partial charge in [-0.3, -0.25) is 9.59 Å². The van der Waals surface area contributed by atoms with Gasteiger partial charge in [-0.1, -0.05) is 0 Å². The van der Waals surface area contributed by atoms with Crippen LogP contribution in [0.2, 0.25) is 0 Å². The quantitative estimate of drug-likeness (QED) is 0.499. The first-order valence-electron chi connectivity index (χ1n) is 2.90. The van der Waals surface area contributed by atoms with Crippen LogP contribution in [0.3, 0.4) is 0 Å². The normalized spacial score (nSPS) is 12.6. The summed E-state index contributed by atoms with van der Waals surface area (Å²) >= 11 is 5.44. The number of alkyl halides is 1. The van der Waals surface area contributed by atoms with Crippen molar-refractivity contribution in [2.45, 2.75) is 25.1 Å².